The summed E-state index contributed by atoms with van der Waals surface area (Å²) in [5.41, 5.74) is 4.52. The van der Waals surface area contributed by atoms with Crippen molar-refractivity contribution >= 4 is 0 Å². The van der Waals surface area contributed by atoms with Crippen molar-refractivity contribution < 1.29 is 31.1 Å². The van der Waals surface area contributed by atoms with Crippen LogP contribution in [0.3, 0.4) is 0 Å². The van der Waals surface area contributed by atoms with E-state index in [-0.39, 0.29) is 5.56 Å². The minimum Gasteiger partial charge on any atom is -0.406 e. The first-order chi connectivity index (χ1) is 8.59. The van der Waals surface area contributed by atoms with Gasteiger partial charge in [0.15, 0.2) is 0 Å². The molecule has 0 aliphatic heterocycles. The number of nitrogens with two attached hydrogens (primary N) is 1. The van der Waals surface area contributed by atoms with Gasteiger partial charge in [-0.05, 0) is 17.7 Å². The van der Waals surface area contributed by atoms with Gasteiger partial charge in [-0.1, -0.05) is 26.0 Å². The predicted octanol–water partition coefficient (Wildman–Crippen LogP) is 4.17. The van der Waals surface area contributed by atoms with E-state index in [1.165, 1.54) is 0 Å². The highest BCUT2D eigenvalue weighted by Gasteiger charge is 2.38. The van der Waals surface area contributed by atoms with Crippen molar-refractivity contribution in [1.29, 1.82) is 0 Å². The van der Waals surface area contributed by atoms with Gasteiger partial charge in [0.25, 0.3) is 0 Å². The summed E-state index contributed by atoms with van der Waals surface area (Å²) in [6, 6.07) is 0.976. The van der Waals surface area contributed by atoms with E-state index >= 15 is 0 Å². The van der Waals surface area contributed by atoms with E-state index < -0.39 is 24.3 Å². The van der Waals surface area contributed by atoms with Crippen molar-refractivity contribution in [2.75, 3.05) is 0 Å². The van der Waals surface area contributed by atoms with Gasteiger partial charge in [0.2, 0.25) is 0 Å². The molecular formula is C11H13F6NO. The summed E-state index contributed by atoms with van der Waals surface area (Å²) in [6.07, 6.45) is -9.53. The smallest absolute Gasteiger partial charge is 0.406 e. The molecule has 0 spiro atoms. The Labute approximate surface area is 106 Å². The molecule has 0 heterocycles. The predicted molar refractivity (Wildman–Crippen MR) is 57.5 cm³/mol. The molecule has 0 amide bonds. The van der Waals surface area contributed by atoms with Crippen molar-refractivity contribution in [2.45, 2.75) is 32.4 Å². The zero-order valence-electron chi connectivity index (χ0n) is 10.1. The van der Waals surface area contributed by atoms with Crippen LogP contribution in [0.15, 0.2) is 24.3 Å². The summed E-state index contributed by atoms with van der Waals surface area (Å²) in [5.74, 6) is -0.601. The van der Waals surface area contributed by atoms with Crippen molar-refractivity contribution in [3.8, 4) is 5.75 Å². The minimum atomic E-state index is -4.88. The van der Waals surface area contributed by atoms with Crippen molar-refractivity contribution in [2.24, 2.45) is 5.73 Å². The number of rotatable bonds is 2. The quantitative estimate of drug-likeness (QED) is 0.829. The standard InChI is InChI=1S/C9H7F6NO.C2H6/c10-8(11,12)7(16)5-1-3-6(4-2-5)17-9(13,14)15;1-2/h1-4,7H,16H2;1-2H3. The maximum absolute atomic E-state index is 12.2. The van der Waals surface area contributed by atoms with Crippen LogP contribution in [-0.4, -0.2) is 12.5 Å². The van der Waals surface area contributed by atoms with Crippen LogP contribution in [0.1, 0.15) is 25.5 Å². The molecule has 0 aliphatic carbocycles. The molecule has 0 aliphatic rings. The Morgan fingerprint density at radius 3 is 1.68 bits per heavy atom. The lowest BCUT2D eigenvalue weighted by Crippen LogP contribution is -2.28. The van der Waals surface area contributed by atoms with Gasteiger partial charge < -0.3 is 10.5 Å². The summed E-state index contributed by atoms with van der Waals surface area (Å²) in [4.78, 5) is 0. The molecule has 0 aromatic heterocycles. The van der Waals surface area contributed by atoms with Gasteiger partial charge in [-0.3, -0.25) is 0 Å². The van der Waals surface area contributed by atoms with Crippen molar-refractivity contribution in [1.82, 2.24) is 0 Å². The van der Waals surface area contributed by atoms with Gasteiger partial charge in [0.1, 0.15) is 11.8 Å². The lowest BCUT2D eigenvalue weighted by atomic mass is 10.1. The number of halogens is 6. The monoisotopic (exact) mass is 289 g/mol. The van der Waals surface area contributed by atoms with E-state index in [2.05, 4.69) is 4.74 Å². The second kappa shape index (κ2) is 6.65. The average molecular weight is 289 g/mol. The minimum absolute atomic E-state index is 0.341. The Hall–Kier alpha value is -1.44. The molecule has 1 aromatic rings. The average Bonchev–Trinajstić information content (AvgIpc) is 2.28. The fraction of sp³-hybridized carbons (Fsp3) is 0.455. The van der Waals surface area contributed by atoms with Crippen LogP contribution in [0.4, 0.5) is 26.3 Å². The van der Waals surface area contributed by atoms with E-state index in [9.17, 15) is 26.3 Å². The SMILES string of the molecule is CC.NC(c1ccc(OC(F)(F)F)cc1)C(F)(F)F. The van der Waals surface area contributed by atoms with E-state index in [0.717, 1.165) is 24.3 Å². The zero-order valence-corrected chi connectivity index (χ0v) is 10.1. The molecule has 2 nitrogen and oxygen atoms in total. The van der Waals surface area contributed by atoms with Gasteiger partial charge >= 0.3 is 12.5 Å². The Morgan fingerprint density at radius 1 is 0.947 bits per heavy atom. The number of hydrogen-bond acceptors (Lipinski definition) is 2. The first-order valence-corrected chi connectivity index (χ1v) is 5.27. The van der Waals surface area contributed by atoms with Crippen molar-refractivity contribution in [3.63, 3.8) is 0 Å². The highest BCUT2D eigenvalue weighted by Crippen LogP contribution is 2.31. The molecule has 0 bridgehead atoms. The normalized spacial score (nSPS) is 13.3. The maximum Gasteiger partial charge on any atom is 0.573 e. The van der Waals surface area contributed by atoms with Crippen LogP contribution in [-0.2, 0) is 0 Å². The topological polar surface area (TPSA) is 35.2 Å². The summed E-state index contributed by atoms with van der Waals surface area (Å²) in [5, 5.41) is 0. The molecule has 110 valence electrons. The summed E-state index contributed by atoms with van der Waals surface area (Å²) < 4.78 is 75.3. The molecule has 19 heavy (non-hydrogen) atoms. The molecule has 1 rings (SSSR count). The maximum atomic E-state index is 12.2. The fourth-order valence-electron chi connectivity index (χ4n) is 1.07. The third-order valence-electron chi connectivity index (χ3n) is 1.83. The summed E-state index contributed by atoms with van der Waals surface area (Å²) in [7, 11) is 0. The molecule has 0 radical (unpaired) electrons. The lowest BCUT2D eigenvalue weighted by Gasteiger charge is -2.16. The second-order valence-electron chi connectivity index (χ2n) is 3.14. The Morgan fingerprint density at radius 2 is 1.37 bits per heavy atom. The summed E-state index contributed by atoms with van der Waals surface area (Å²) >= 11 is 0. The summed E-state index contributed by atoms with van der Waals surface area (Å²) in [6.45, 7) is 4.00. The molecule has 1 unspecified atom stereocenters. The third-order valence-corrected chi connectivity index (χ3v) is 1.83. The molecule has 0 fully saturated rings. The van der Waals surface area contributed by atoms with Crippen LogP contribution in [0, 0.1) is 0 Å². The lowest BCUT2D eigenvalue weighted by molar-refractivity contribution is -0.274. The highest BCUT2D eigenvalue weighted by molar-refractivity contribution is 5.29. The van der Waals surface area contributed by atoms with Crippen LogP contribution in [0.5, 0.6) is 5.75 Å². The largest absolute Gasteiger partial charge is 0.573 e. The first-order valence-electron chi connectivity index (χ1n) is 5.27. The Balaban J connectivity index is 0.00000154. The molecule has 0 saturated heterocycles. The van der Waals surface area contributed by atoms with Crippen LogP contribution < -0.4 is 10.5 Å². The van der Waals surface area contributed by atoms with Gasteiger partial charge in [-0.2, -0.15) is 13.2 Å². The van der Waals surface area contributed by atoms with Gasteiger partial charge in [-0.15, -0.1) is 13.2 Å². The van der Waals surface area contributed by atoms with E-state index in [0.29, 0.717) is 0 Å². The molecule has 8 heteroatoms. The van der Waals surface area contributed by atoms with E-state index in [1.54, 1.807) is 0 Å². The number of hydrogen-bond donors (Lipinski definition) is 1. The van der Waals surface area contributed by atoms with Crippen LogP contribution in [0.25, 0.3) is 0 Å². The van der Waals surface area contributed by atoms with E-state index in [1.807, 2.05) is 13.8 Å². The van der Waals surface area contributed by atoms with Crippen LogP contribution in [0.2, 0.25) is 0 Å². The molecule has 1 aromatic carbocycles. The molecule has 0 saturated carbocycles. The number of benzene rings is 1. The zero-order chi connectivity index (χ0) is 15.3. The fourth-order valence-corrected chi connectivity index (χ4v) is 1.07. The first kappa shape index (κ1) is 17.6. The highest BCUT2D eigenvalue weighted by atomic mass is 19.4. The van der Waals surface area contributed by atoms with Crippen molar-refractivity contribution in [3.05, 3.63) is 29.8 Å². The van der Waals surface area contributed by atoms with Gasteiger partial charge in [-0.25, -0.2) is 0 Å². The third kappa shape index (κ3) is 6.32. The van der Waals surface area contributed by atoms with Gasteiger partial charge in [0, 0.05) is 0 Å². The van der Waals surface area contributed by atoms with Crippen LogP contribution >= 0.6 is 0 Å². The molecular weight excluding hydrogens is 276 g/mol. The molecule has 1 atom stereocenters. The van der Waals surface area contributed by atoms with Gasteiger partial charge in [0.05, 0.1) is 0 Å². The molecule has 2 N–H and O–H groups in total. The number of ether oxygens (including phenoxy) is 1. The Bertz CT molecular complexity index is 370. The Kier molecular flexibility index (Phi) is 6.14. The second-order valence-corrected chi connectivity index (χ2v) is 3.14. The van der Waals surface area contributed by atoms with E-state index in [4.69, 9.17) is 5.73 Å². The number of alkyl halides is 6.